The minimum Gasteiger partial charge on any atom is -0.478 e. The van der Waals surface area contributed by atoms with Crippen LogP contribution < -0.4 is 9.62 Å². The fraction of sp³-hybridized carbons (Fsp3) is 0.440. The van der Waals surface area contributed by atoms with Gasteiger partial charge in [0.15, 0.2) is 0 Å². The zero-order valence-corrected chi connectivity index (χ0v) is 20.1. The van der Waals surface area contributed by atoms with Crippen LogP contribution in [0, 0.1) is 5.92 Å². The predicted octanol–water partition coefficient (Wildman–Crippen LogP) is 3.84. The molecule has 0 unspecified atom stereocenters. The van der Waals surface area contributed by atoms with Crippen LogP contribution in [0.5, 0.6) is 0 Å². The first-order valence-corrected chi connectivity index (χ1v) is 13.2. The van der Waals surface area contributed by atoms with E-state index in [4.69, 9.17) is 4.74 Å². The van der Waals surface area contributed by atoms with Crippen molar-refractivity contribution in [3.05, 3.63) is 53.1 Å². The summed E-state index contributed by atoms with van der Waals surface area (Å²) in [6, 6.07) is 9.68. The third-order valence-electron chi connectivity index (χ3n) is 6.49. The van der Waals surface area contributed by atoms with Gasteiger partial charge in [-0.2, -0.15) is 0 Å². The zero-order chi connectivity index (χ0) is 24.3. The number of nitrogens with one attached hydrogen (secondary N) is 1. The van der Waals surface area contributed by atoms with Crippen LogP contribution >= 0.6 is 0 Å². The minimum atomic E-state index is -3.87. The first kappa shape index (κ1) is 24.1. The summed E-state index contributed by atoms with van der Waals surface area (Å²) in [4.78, 5) is 26.2. The Morgan fingerprint density at radius 2 is 1.85 bits per heavy atom. The maximum atomic E-state index is 13.0. The molecule has 0 saturated carbocycles. The second-order valence-electron chi connectivity index (χ2n) is 8.82. The highest BCUT2D eigenvalue weighted by Crippen LogP contribution is 2.31. The van der Waals surface area contributed by atoms with Crippen LogP contribution in [0.1, 0.15) is 54.1 Å². The highest BCUT2D eigenvalue weighted by Gasteiger charge is 2.29. The molecule has 1 saturated heterocycles. The summed E-state index contributed by atoms with van der Waals surface area (Å²) in [6.45, 7) is 3.02. The standard InChI is InChI=1S/C25H30N2O6S/c1-2-33-25(30)19-8-5-13-27(16-19)23-12-10-20(15-22(23)24(28)29)26-34(31,32)21-11-9-17-6-3-4-7-18(17)14-21/h9-12,14-15,19,26H,2-8,13,16H2,1H3,(H,28,29)/t19-/m0/s1. The van der Waals surface area contributed by atoms with Gasteiger partial charge < -0.3 is 14.7 Å². The summed E-state index contributed by atoms with van der Waals surface area (Å²) in [5.74, 6) is -1.76. The molecule has 1 heterocycles. The van der Waals surface area contributed by atoms with E-state index in [1.807, 2.05) is 11.0 Å². The number of carbonyl (C=O) groups excluding carboxylic acids is 1. The molecule has 1 atom stereocenters. The monoisotopic (exact) mass is 486 g/mol. The Hall–Kier alpha value is -3.07. The molecular formula is C25H30N2O6S. The van der Waals surface area contributed by atoms with Crippen LogP contribution in [0.15, 0.2) is 41.3 Å². The maximum absolute atomic E-state index is 13.0. The number of esters is 1. The Kier molecular flexibility index (Phi) is 7.11. The summed E-state index contributed by atoms with van der Waals surface area (Å²) < 4.78 is 33.7. The van der Waals surface area contributed by atoms with Crippen molar-refractivity contribution in [2.24, 2.45) is 5.92 Å². The number of aryl methyl sites for hydroxylation is 2. The lowest BCUT2D eigenvalue weighted by atomic mass is 9.92. The first-order chi connectivity index (χ1) is 16.3. The summed E-state index contributed by atoms with van der Waals surface area (Å²) in [6.07, 6.45) is 5.39. The van der Waals surface area contributed by atoms with Crippen LogP contribution in [0.2, 0.25) is 0 Å². The van der Waals surface area contributed by atoms with Gasteiger partial charge in [-0.1, -0.05) is 6.07 Å². The van der Waals surface area contributed by atoms with Crippen molar-refractivity contribution < 1.29 is 27.9 Å². The molecule has 2 N–H and O–H groups in total. The number of carboxylic acids is 1. The molecule has 9 heteroatoms. The summed E-state index contributed by atoms with van der Waals surface area (Å²) in [5.41, 5.74) is 2.86. The van der Waals surface area contributed by atoms with Gasteiger partial charge in [-0.05, 0) is 86.9 Å². The molecule has 2 aliphatic rings. The number of ether oxygens (including phenoxy) is 1. The fourth-order valence-electron chi connectivity index (χ4n) is 4.79. The molecule has 182 valence electrons. The van der Waals surface area contributed by atoms with E-state index in [0.29, 0.717) is 31.8 Å². The molecule has 0 radical (unpaired) electrons. The summed E-state index contributed by atoms with van der Waals surface area (Å²) in [5, 5.41) is 9.83. The molecular weight excluding hydrogens is 456 g/mol. The van der Waals surface area contributed by atoms with Crippen molar-refractivity contribution in [2.45, 2.75) is 50.3 Å². The number of anilines is 2. The van der Waals surface area contributed by atoms with Crippen molar-refractivity contribution >= 4 is 33.3 Å². The molecule has 1 fully saturated rings. The smallest absolute Gasteiger partial charge is 0.337 e. The Balaban J connectivity index is 1.57. The van der Waals surface area contributed by atoms with Crippen molar-refractivity contribution in [2.75, 3.05) is 29.3 Å². The molecule has 0 bridgehead atoms. The van der Waals surface area contributed by atoms with Crippen LogP contribution in [0.4, 0.5) is 11.4 Å². The van der Waals surface area contributed by atoms with Crippen molar-refractivity contribution in [1.82, 2.24) is 0 Å². The third-order valence-corrected chi connectivity index (χ3v) is 7.87. The first-order valence-electron chi connectivity index (χ1n) is 11.7. The lowest BCUT2D eigenvalue weighted by molar-refractivity contribution is -0.148. The minimum absolute atomic E-state index is 0.0184. The number of hydrogen-bond donors (Lipinski definition) is 2. The van der Waals surface area contributed by atoms with E-state index in [-0.39, 0.29) is 28.0 Å². The average Bonchev–Trinajstić information content (AvgIpc) is 2.83. The van der Waals surface area contributed by atoms with Gasteiger partial charge in [0.05, 0.1) is 28.7 Å². The quantitative estimate of drug-likeness (QED) is 0.572. The highest BCUT2D eigenvalue weighted by atomic mass is 32.2. The topological polar surface area (TPSA) is 113 Å². The predicted molar refractivity (Wildman–Crippen MR) is 129 cm³/mol. The summed E-state index contributed by atoms with van der Waals surface area (Å²) >= 11 is 0. The van der Waals surface area contributed by atoms with Crippen molar-refractivity contribution in [3.63, 3.8) is 0 Å². The number of aromatic carboxylic acids is 1. The fourth-order valence-corrected chi connectivity index (χ4v) is 5.89. The van der Waals surface area contributed by atoms with Gasteiger partial charge in [0.25, 0.3) is 10.0 Å². The lowest BCUT2D eigenvalue weighted by Gasteiger charge is -2.34. The number of hydrogen-bond acceptors (Lipinski definition) is 6. The second-order valence-corrected chi connectivity index (χ2v) is 10.5. The molecule has 0 amide bonds. The van der Waals surface area contributed by atoms with E-state index in [9.17, 15) is 23.1 Å². The van der Waals surface area contributed by atoms with E-state index in [2.05, 4.69) is 4.72 Å². The normalized spacial score (nSPS) is 18.1. The highest BCUT2D eigenvalue weighted by molar-refractivity contribution is 7.92. The van der Waals surface area contributed by atoms with Gasteiger partial charge in [0.1, 0.15) is 0 Å². The molecule has 1 aliphatic heterocycles. The van der Waals surface area contributed by atoms with Gasteiger partial charge in [-0.3, -0.25) is 9.52 Å². The Bertz CT molecular complexity index is 1190. The van der Waals surface area contributed by atoms with E-state index in [1.54, 1.807) is 31.2 Å². The second kappa shape index (κ2) is 10.0. The van der Waals surface area contributed by atoms with Crippen LogP contribution in [-0.4, -0.2) is 45.2 Å². The Labute approximate surface area is 200 Å². The maximum Gasteiger partial charge on any atom is 0.337 e. The van der Waals surface area contributed by atoms with Gasteiger partial charge >= 0.3 is 11.9 Å². The molecule has 8 nitrogen and oxygen atoms in total. The van der Waals surface area contributed by atoms with Gasteiger partial charge in [0.2, 0.25) is 0 Å². The van der Waals surface area contributed by atoms with Gasteiger partial charge in [-0.15, -0.1) is 0 Å². The Morgan fingerprint density at radius 3 is 2.59 bits per heavy atom. The number of carboxylic acid groups (broad SMARTS) is 1. The number of rotatable bonds is 7. The molecule has 0 spiro atoms. The lowest BCUT2D eigenvalue weighted by Crippen LogP contribution is -2.40. The number of benzene rings is 2. The van der Waals surface area contributed by atoms with Crippen molar-refractivity contribution in [3.8, 4) is 0 Å². The van der Waals surface area contributed by atoms with E-state index >= 15 is 0 Å². The molecule has 0 aromatic heterocycles. The number of sulfonamides is 1. The SMILES string of the molecule is CCOC(=O)[C@H]1CCCN(c2ccc(NS(=O)(=O)c3ccc4c(c3)CCCC4)cc2C(=O)O)C1. The van der Waals surface area contributed by atoms with E-state index in [1.165, 1.54) is 11.6 Å². The number of fused-ring (bicyclic) bond motifs is 1. The molecule has 2 aromatic rings. The number of piperidine rings is 1. The number of nitrogens with zero attached hydrogens (tertiary/aromatic N) is 1. The molecule has 2 aromatic carbocycles. The number of carbonyl (C=O) groups is 2. The summed E-state index contributed by atoms with van der Waals surface area (Å²) in [7, 11) is -3.87. The Morgan fingerprint density at radius 1 is 1.09 bits per heavy atom. The largest absolute Gasteiger partial charge is 0.478 e. The molecule has 4 rings (SSSR count). The van der Waals surface area contributed by atoms with E-state index < -0.39 is 16.0 Å². The van der Waals surface area contributed by atoms with Crippen LogP contribution in [0.3, 0.4) is 0 Å². The third kappa shape index (κ3) is 5.19. The van der Waals surface area contributed by atoms with Gasteiger partial charge in [-0.25, -0.2) is 13.2 Å². The van der Waals surface area contributed by atoms with E-state index in [0.717, 1.165) is 37.7 Å². The average molecular weight is 487 g/mol. The van der Waals surface area contributed by atoms with Gasteiger partial charge in [0, 0.05) is 18.8 Å². The zero-order valence-electron chi connectivity index (χ0n) is 19.2. The van der Waals surface area contributed by atoms with Crippen LogP contribution in [0.25, 0.3) is 0 Å². The van der Waals surface area contributed by atoms with Crippen LogP contribution in [-0.2, 0) is 32.4 Å². The molecule has 34 heavy (non-hydrogen) atoms. The molecule has 1 aliphatic carbocycles. The van der Waals surface area contributed by atoms with Crippen molar-refractivity contribution in [1.29, 1.82) is 0 Å².